The zero-order valence-electron chi connectivity index (χ0n) is 17.6. The molecule has 3 fully saturated rings. The summed E-state index contributed by atoms with van der Waals surface area (Å²) in [7, 11) is 1.60. The van der Waals surface area contributed by atoms with Crippen molar-refractivity contribution < 1.29 is 24.2 Å². The SMILES string of the molecule is COc1ccc(C(NCc2cccc(C(=O)O)c2)C(=O)O[C@H]2CN3CCC2CC3)cc1. The molecule has 3 saturated heterocycles. The lowest BCUT2D eigenvalue weighted by Crippen LogP contribution is -2.52. The topological polar surface area (TPSA) is 88.1 Å². The maximum atomic E-state index is 13.2. The van der Waals surface area contributed by atoms with E-state index in [0.717, 1.165) is 43.6 Å². The van der Waals surface area contributed by atoms with E-state index in [1.54, 1.807) is 25.3 Å². The highest BCUT2D eigenvalue weighted by Crippen LogP contribution is 2.31. The third-order valence-corrected chi connectivity index (χ3v) is 6.23. The normalized spacial score (nSPS) is 23.2. The van der Waals surface area contributed by atoms with Crippen LogP contribution in [-0.4, -0.2) is 54.8 Å². The van der Waals surface area contributed by atoms with E-state index >= 15 is 0 Å². The molecule has 7 heteroatoms. The van der Waals surface area contributed by atoms with Crippen LogP contribution >= 0.6 is 0 Å². The van der Waals surface area contributed by atoms with Crippen molar-refractivity contribution in [2.24, 2.45) is 5.92 Å². The molecule has 1 unspecified atom stereocenters. The van der Waals surface area contributed by atoms with Crippen molar-refractivity contribution >= 4 is 11.9 Å². The second-order valence-electron chi connectivity index (χ2n) is 8.21. The number of rotatable bonds is 8. The lowest BCUT2D eigenvalue weighted by atomic mass is 9.86. The summed E-state index contributed by atoms with van der Waals surface area (Å²) in [4.78, 5) is 26.8. The number of nitrogens with zero attached hydrogens (tertiary/aromatic N) is 1. The van der Waals surface area contributed by atoms with Gasteiger partial charge in [-0.05, 0) is 67.2 Å². The molecule has 3 aliphatic heterocycles. The molecule has 0 aromatic heterocycles. The molecule has 3 heterocycles. The fourth-order valence-electron chi connectivity index (χ4n) is 4.43. The van der Waals surface area contributed by atoms with Gasteiger partial charge in [0.2, 0.25) is 0 Å². The lowest BCUT2D eigenvalue weighted by molar-refractivity contribution is -0.161. The van der Waals surface area contributed by atoms with Crippen LogP contribution in [0.5, 0.6) is 5.75 Å². The van der Waals surface area contributed by atoms with Crippen molar-refractivity contribution in [3.63, 3.8) is 0 Å². The van der Waals surface area contributed by atoms with Crippen LogP contribution in [0.3, 0.4) is 0 Å². The highest BCUT2D eigenvalue weighted by molar-refractivity contribution is 5.87. The number of piperidine rings is 3. The molecular formula is C24H28N2O5. The largest absolute Gasteiger partial charge is 0.497 e. The molecule has 2 aromatic rings. The first-order valence-electron chi connectivity index (χ1n) is 10.7. The maximum Gasteiger partial charge on any atom is 0.335 e. The Bertz CT molecular complexity index is 922. The van der Waals surface area contributed by atoms with Gasteiger partial charge in [0, 0.05) is 13.1 Å². The van der Waals surface area contributed by atoms with E-state index in [2.05, 4.69) is 10.2 Å². The summed E-state index contributed by atoms with van der Waals surface area (Å²) >= 11 is 0. The molecule has 0 radical (unpaired) electrons. The van der Waals surface area contributed by atoms with E-state index in [4.69, 9.17) is 9.47 Å². The Morgan fingerprint density at radius 3 is 2.52 bits per heavy atom. The zero-order valence-corrected chi connectivity index (χ0v) is 17.6. The molecular weight excluding hydrogens is 396 g/mol. The van der Waals surface area contributed by atoms with Gasteiger partial charge < -0.3 is 14.6 Å². The smallest absolute Gasteiger partial charge is 0.335 e. The van der Waals surface area contributed by atoms with Gasteiger partial charge >= 0.3 is 11.9 Å². The Kier molecular flexibility index (Phi) is 6.53. The summed E-state index contributed by atoms with van der Waals surface area (Å²) in [5.74, 6) is -0.145. The predicted octanol–water partition coefficient (Wildman–Crippen LogP) is 2.86. The van der Waals surface area contributed by atoms with Gasteiger partial charge in [-0.15, -0.1) is 0 Å². The number of methoxy groups -OCH3 is 1. The van der Waals surface area contributed by atoms with Gasteiger partial charge in [-0.2, -0.15) is 0 Å². The number of hydrogen-bond donors (Lipinski definition) is 2. The first kappa shape index (κ1) is 21.3. The first-order chi connectivity index (χ1) is 15.0. The van der Waals surface area contributed by atoms with Crippen LogP contribution in [0.2, 0.25) is 0 Å². The number of carbonyl (C=O) groups is 2. The van der Waals surface area contributed by atoms with Crippen LogP contribution in [0.4, 0.5) is 0 Å². The highest BCUT2D eigenvalue weighted by atomic mass is 16.5. The molecule has 2 aromatic carbocycles. The van der Waals surface area contributed by atoms with Crippen LogP contribution in [0.25, 0.3) is 0 Å². The Balaban J connectivity index is 1.50. The van der Waals surface area contributed by atoms with Gasteiger partial charge in [-0.3, -0.25) is 10.2 Å². The van der Waals surface area contributed by atoms with Crippen molar-refractivity contribution in [3.05, 3.63) is 65.2 Å². The second-order valence-corrected chi connectivity index (χ2v) is 8.21. The molecule has 0 saturated carbocycles. The first-order valence-corrected chi connectivity index (χ1v) is 10.7. The van der Waals surface area contributed by atoms with Crippen LogP contribution in [0, 0.1) is 5.92 Å². The number of ether oxygens (including phenoxy) is 2. The minimum absolute atomic E-state index is 0.0760. The number of esters is 1. The third-order valence-electron chi connectivity index (χ3n) is 6.23. The number of benzene rings is 2. The number of carboxylic acids is 1. The number of hydrogen-bond acceptors (Lipinski definition) is 6. The fourth-order valence-corrected chi connectivity index (χ4v) is 4.43. The Labute approximate surface area is 182 Å². The monoisotopic (exact) mass is 424 g/mol. The van der Waals surface area contributed by atoms with Gasteiger partial charge in [-0.25, -0.2) is 9.59 Å². The summed E-state index contributed by atoms with van der Waals surface area (Å²) < 4.78 is 11.2. The van der Waals surface area contributed by atoms with Crippen LogP contribution < -0.4 is 10.1 Å². The fraction of sp³-hybridized carbons (Fsp3) is 0.417. The number of fused-ring (bicyclic) bond motifs is 3. The van der Waals surface area contributed by atoms with Gasteiger partial charge in [0.15, 0.2) is 0 Å². The van der Waals surface area contributed by atoms with Gasteiger partial charge in [0.25, 0.3) is 0 Å². The van der Waals surface area contributed by atoms with E-state index in [1.165, 1.54) is 0 Å². The van der Waals surface area contributed by atoms with E-state index in [1.807, 2.05) is 30.3 Å². The second kappa shape index (κ2) is 9.49. The standard InChI is InChI=1S/C24H28N2O5/c1-30-20-7-5-18(6-8-20)22(25-14-16-3-2-4-19(13-16)23(27)28)24(29)31-21-15-26-11-9-17(21)10-12-26/h2-8,13,17,21-22,25H,9-12,14-15H2,1H3,(H,27,28)/t21-,22?/m0/s1. The molecule has 5 rings (SSSR count). The number of nitrogens with one attached hydrogen (secondary N) is 1. The molecule has 164 valence electrons. The quantitative estimate of drug-likeness (QED) is 0.630. The zero-order chi connectivity index (χ0) is 21.8. The summed E-state index contributed by atoms with van der Waals surface area (Å²) in [5, 5.41) is 12.5. The molecule has 0 aliphatic carbocycles. The maximum absolute atomic E-state index is 13.2. The molecule has 3 aliphatic rings. The minimum atomic E-state index is -0.977. The van der Waals surface area contributed by atoms with Crippen LogP contribution in [-0.2, 0) is 16.1 Å². The van der Waals surface area contributed by atoms with Crippen molar-refractivity contribution in [3.8, 4) is 5.75 Å². The van der Waals surface area contributed by atoms with Gasteiger partial charge in [0.05, 0.1) is 12.7 Å². The molecule has 2 atom stereocenters. The summed E-state index contributed by atoms with van der Waals surface area (Å²) in [6, 6.07) is 13.4. The third kappa shape index (κ3) is 5.06. The summed E-state index contributed by atoms with van der Waals surface area (Å²) in [6.07, 6.45) is 2.06. The highest BCUT2D eigenvalue weighted by Gasteiger charge is 2.37. The Hall–Kier alpha value is -2.90. The predicted molar refractivity (Wildman–Crippen MR) is 115 cm³/mol. The average molecular weight is 424 g/mol. The van der Waals surface area contributed by atoms with Crippen molar-refractivity contribution in [2.75, 3.05) is 26.7 Å². The van der Waals surface area contributed by atoms with E-state index in [9.17, 15) is 14.7 Å². The number of carbonyl (C=O) groups excluding carboxylic acids is 1. The van der Waals surface area contributed by atoms with Crippen LogP contribution in [0.15, 0.2) is 48.5 Å². The van der Waals surface area contributed by atoms with Gasteiger partial charge in [-0.1, -0.05) is 24.3 Å². The Morgan fingerprint density at radius 1 is 1.16 bits per heavy atom. The number of carboxylic acid groups (broad SMARTS) is 1. The van der Waals surface area contributed by atoms with Crippen molar-refractivity contribution in [2.45, 2.75) is 31.5 Å². The summed E-state index contributed by atoms with van der Waals surface area (Å²) in [6.45, 7) is 3.30. The minimum Gasteiger partial charge on any atom is -0.497 e. The molecule has 7 nitrogen and oxygen atoms in total. The van der Waals surface area contributed by atoms with Crippen molar-refractivity contribution in [1.82, 2.24) is 10.2 Å². The molecule has 31 heavy (non-hydrogen) atoms. The Morgan fingerprint density at radius 2 is 1.90 bits per heavy atom. The lowest BCUT2D eigenvalue weighted by Gasteiger charge is -2.44. The average Bonchev–Trinajstić information content (AvgIpc) is 2.80. The van der Waals surface area contributed by atoms with E-state index in [0.29, 0.717) is 18.2 Å². The molecule has 0 amide bonds. The number of aromatic carboxylic acids is 1. The van der Waals surface area contributed by atoms with Gasteiger partial charge in [0.1, 0.15) is 17.9 Å². The van der Waals surface area contributed by atoms with Crippen molar-refractivity contribution in [1.29, 1.82) is 0 Å². The van der Waals surface area contributed by atoms with Crippen LogP contribution in [0.1, 0.15) is 40.4 Å². The molecule has 2 bridgehead atoms. The molecule has 0 spiro atoms. The molecule has 2 N–H and O–H groups in total. The van der Waals surface area contributed by atoms with E-state index in [-0.39, 0.29) is 17.6 Å². The summed E-state index contributed by atoms with van der Waals surface area (Å²) in [5.41, 5.74) is 1.78. The van der Waals surface area contributed by atoms with E-state index < -0.39 is 12.0 Å².